The third kappa shape index (κ3) is 4.40. The van der Waals surface area contributed by atoms with Crippen LogP contribution in [0.4, 0.5) is 11.4 Å². The maximum atomic E-state index is 12.5. The van der Waals surface area contributed by atoms with Crippen molar-refractivity contribution >= 4 is 34.8 Å². The smallest absolute Gasteiger partial charge is 0.257 e. The van der Waals surface area contributed by atoms with E-state index < -0.39 is 6.10 Å². The van der Waals surface area contributed by atoms with Gasteiger partial charge in [0.2, 0.25) is 0 Å². The van der Waals surface area contributed by atoms with Crippen LogP contribution in [0.15, 0.2) is 48.5 Å². The van der Waals surface area contributed by atoms with Crippen LogP contribution < -0.4 is 16.4 Å². The minimum absolute atomic E-state index is 0.0804. The van der Waals surface area contributed by atoms with Crippen LogP contribution in [0.1, 0.15) is 23.2 Å². The summed E-state index contributed by atoms with van der Waals surface area (Å²) < 4.78 is 5.58. The van der Waals surface area contributed by atoms with E-state index in [2.05, 4.69) is 10.6 Å². The van der Waals surface area contributed by atoms with E-state index >= 15 is 0 Å². The summed E-state index contributed by atoms with van der Waals surface area (Å²) in [7, 11) is 0. The van der Waals surface area contributed by atoms with Crippen molar-refractivity contribution in [2.24, 2.45) is 5.73 Å². The van der Waals surface area contributed by atoms with Gasteiger partial charge in [0.25, 0.3) is 11.8 Å². The van der Waals surface area contributed by atoms with Crippen LogP contribution in [0.5, 0.6) is 0 Å². The van der Waals surface area contributed by atoms with Gasteiger partial charge in [-0.05, 0) is 43.2 Å². The third-order valence-corrected chi connectivity index (χ3v) is 4.50. The van der Waals surface area contributed by atoms with Crippen molar-refractivity contribution in [3.05, 3.63) is 59.1 Å². The maximum absolute atomic E-state index is 12.5. The van der Waals surface area contributed by atoms with E-state index in [1.165, 1.54) is 0 Å². The number of rotatable bonds is 5. The number of amides is 2. The lowest BCUT2D eigenvalue weighted by molar-refractivity contribution is -0.126. The molecule has 0 aromatic heterocycles. The summed E-state index contributed by atoms with van der Waals surface area (Å²) >= 11 is 6.15. The van der Waals surface area contributed by atoms with E-state index in [4.69, 9.17) is 22.1 Å². The molecule has 2 aromatic carbocycles. The topological polar surface area (TPSA) is 93.5 Å². The lowest BCUT2D eigenvalue weighted by Crippen LogP contribution is -2.29. The van der Waals surface area contributed by atoms with Crippen molar-refractivity contribution < 1.29 is 14.3 Å². The molecule has 26 heavy (non-hydrogen) atoms. The molecule has 0 saturated carbocycles. The number of hydrogen-bond donors (Lipinski definition) is 3. The zero-order valence-electron chi connectivity index (χ0n) is 14.1. The highest BCUT2D eigenvalue weighted by Gasteiger charge is 2.30. The fourth-order valence-corrected chi connectivity index (χ4v) is 3.00. The molecule has 0 radical (unpaired) electrons. The normalized spacial score (nSPS) is 19.2. The minimum atomic E-state index is -0.527. The molecule has 3 rings (SSSR count). The SMILES string of the molecule is NC[C@H]1CC[C@@H](C(=O)Nc2ccc(Cl)c(C(=O)Nc3ccccc3)c2)O1. The Morgan fingerprint density at radius 3 is 2.54 bits per heavy atom. The van der Waals surface area contributed by atoms with Crippen LogP contribution >= 0.6 is 11.6 Å². The molecule has 1 saturated heterocycles. The second kappa shape index (κ2) is 8.31. The zero-order valence-corrected chi connectivity index (χ0v) is 14.8. The number of halogens is 1. The van der Waals surface area contributed by atoms with Gasteiger partial charge in [-0.25, -0.2) is 0 Å². The summed E-state index contributed by atoms with van der Waals surface area (Å²) in [5.41, 5.74) is 6.99. The van der Waals surface area contributed by atoms with Crippen LogP contribution in [-0.4, -0.2) is 30.6 Å². The third-order valence-electron chi connectivity index (χ3n) is 4.17. The molecular weight excluding hydrogens is 354 g/mol. The van der Waals surface area contributed by atoms with Gasteiger partial charge in [0.05, 0.1) is 16.7 Å². The Labute approximate surface area is 156 Å². The van der Waals surface area contributed by atoms with E-state index in [1.807, 2.05) is 18.2 Å². The van der Waals surface area contributed by atoms with Crippen LogP contribution in [0.25, 0.3) is 0 Å². The fourth-order valence-electron chi connectivity index (χ4n) is 2.79. The van der Waals surface area contributed by atoms with E-state index in [0.717, 1.165) is 6.42 Å². The first kappa shape index (κ1) is 18.4. The summed E-state index contributed by atoms with van der Waals surface area (Å²) in [6.45, 7) is 0.397. The Kier molecular flexibility index (Phi) is 5.88. The predicted molar refractivity (Wildman–Crippen MR) is 101 cm³/mol. The van der Waals surface area contributed by atoms with E-state index in [1.54, 1.807) is 30.3 Å². The molecular formula is C19H20ClN3O3. The van der Waals surface area contributed by atoms with Crippen molar-refractivity contribution in [3.8, 4) is 0 Å². The summed E-state index contributed by atoms with van der Waals surface area (Å²) in [5, 5.41) is 5.85. The van der Waals surface area contributed by atoms with Crippen LogP contribution in [0, 0.1) is 0 Å². The summed E-state index contributed by atoms with van der Waals surface area (Å²) in [6, 6.07) is 13.8. The van der Waals surface area contributed by atoms with Gasteiger partial charge in [-0.2, -0.15) is 0 Å². The Morgan fingerprint density at radius 1 is 1.08 bits per heavy atom. The number of benzene rings is 2. The highest BCUT2D eigenvalue weighted by molar-refractivity contribution is 6.34. The lowest BCUT2D eigenvalue weighted by Gasteiger charge is -2.14. The molecule has 4 N–H and O–H groups in total. The zero-order chi connectivity index (χ0) is 18.5. The van der Waals surface area contributed by atoms with Gasteiger partial charge >= 0.3 is 0 Å². The number of ether oxygens (including phenoxy) is 1. The first-order valence-corrected chi connectivity index (χ1v) is 8.77. The molecule has 7 heteroatoms. The Bertz CT molecular complexity index is 798. The monoisotopic (exact) mass is 373 g/mol. The molecule has 0 aliphatic carbocycles. The fraction of sp³-hybridized carbons (Fsp3) is 0.263. The van der Waals surface area contributed by atoms with Gasteiger partial charge in [0.1, 0.15) is 6.10 Å². The Hall–Kier alpha value is -2.41. The second-order valence-electron chi connectivity index (χ2n) is 6.06. The number of nitrogens with one attached hydrogen (secondary N) is 2. The standard InChI is InChI=1S/C19H20ClN3O3/c20-16-8-6-13(23-19(25)17-9-7-14(11-21)26-17)10-15(16)18(24)22-12-4-2-1-3-5-12/h1-6,8,10,14,17H,7,9,11,21H2,(H,22,24)(H,23,25)/t14-,17+/m1/s1. The van der Waals surface area contributed by atoms with E-state index in [0.29, 0.717) is 29.4 Å². The summed E-state index contributed by atoms with van der Waals surface area (Å²) in [5.74, 6) is -0.602. The molecule has 0 bridgehead atoms. The molecule has 2 aromatic rings. The molecule has 1 fully saturated rings. The van der Waals surface area contributed by atoms with Crippen LogP contribution in [-0.2, 0) is 9.53 Å². The van der Waals surface area contributed by atoms with Crippen LogP contribution in [0.3, 0.4) is 0 Å². The molecule has 6 nitrogen and oxygen atoms in total. The Balaban J connectivity index is 1.69. The number of hydrogen-bond acceptors (Lipinski definition) is 4. The summed E-state index contributed by atoms with van der Waals surface area (Å²) in [4.78, 5) is 24.8. The number of carbonyl (C=O) groups is 2. The van der Waals surface area contributed by atoms with Gasteiger partial charge in [0, 0.05) is 17.9 Å². The quantitative estimate of drug-likeness (QED) is 0.750. The average Bonchev–Trinajstić information content (AvgIpc) is 3.13. The highest BCUT2D eigenvalue weighted by Crippen LogP contribution is 2.24. The number of para-hydroxylation sites is 1. The van der Waals surface area contributed by atoms with E-state index in [-0.39, 0.29) is 23.5 Å². The molecule has 2 atom stereocenters. The number of carbonyl (C=O) groups excluding carboxylic acids is 2. The number of anilines is 2. The lowest BCUT2D eigenvalue weighted by atomic mass is 10.1. The van der Waals surface area contributed by atoms with Crippen LogP contribution in [0.2, 0.25) is 5.02 Å². The molecule has 2 amide bonds. The molecule has 136 valence electrons. The van der Waals surface area contributed by atoms with Gasteiger partial charge in [0.15, 0.2) is 0 Å². The van der Waals surface area contributed by atoms with Gasteiger partial charge in [-0.15, -0.1) is 0 Å². The van der Waals surface area contributed by atoms with Gasteiger partial charge in [-0.3, -0.25) is 9.59 Å². The first-order chi connectivity index (χ1) is 12.6. The molecule has 0 spiro atoms. The maximum Gasteiger partial charge on any atom is 0.257 e. The predicted octanol–water partition coefficient (Wildman–Crippen LogP) is 3.04. The molecule has 1 heterocycles. The average molecular weight is 374 g/mol. The molecule has 1 aliphatic heterocycles. The van der Waals surface area contributed by atoms with Crippen molar-refractivity contribution in [3.63, 3.8) is 0 Å². The largest absolute Gasteiger partial charge is 0.364 e. The molecule has 0 unspecified atom stereocenters. The first-order valence-electron chi connectivity index (χ1n) is 8.39. The van der Waals surface area contributed by atoms with Crippen molar-refractivity contribution in [2.75, 3.05) is 17.2 Å². The number of nitrogens with two attached hydrogens (primary N) is 1. The van der Waals surface area contributed by atoms with Gasteiger partial charge in [-0.1, -0.05) is 29.8 Å². The van der Waals surface area contributed by atoms with E-state index in [9.17, 15) is 9.59 Å². The molecule has 1 aliphatic rings. The Morgan fingerprint density at radius 2 is 1.85 bits per heavy atom. The van der Waals surface area contributed by atoms with Crippen molar-refractivity contribution in [1.29, 1.82) is 0 Å². The minimum Gasteiger partial charge on any atom is -0.364 e. The van der Waals surface area contributed by atoms with Crippen molar-refractivity contribution in [1.82, 2.24) is 0 Å². The summed E-state index contributed by atoms with van der Waals surface area (Å²) in [6.07, 6.45) is 0.784. The second-order valence-corrected chi connectivity index (χ2v) is 6.47. The van der Waals surface area contributed by atoms with Crippen molar-refractivity contribution in [2.45, 2.75) is 25.0 Å². The van der Waals surface area contributed by atoms with Gasteiger partial charge < -0.3 is 21.1 Å². The highest BCUT2D eigenvalue weighted by atomic mass is 35.5.